The van der Waals surface area contributed by atoms with Gasteiger partial charge in [0.25, 0.3) is 0 Å². The molecule has 3 rings (SSSR count). The molecule has 2 heterocycles. The Bertz CT molecular complexity index is 725. The van der Waals surface area contributed by atoms with E-state index < -0.39 is 5.82 Å². The monoisotopic (exact) mass is 297 g/mol. The van der Waals surface area contributed by atoms with E-state index in [1.54, 1.807) is 18.3 Å². The van der Waals surface area contributed by atoms with Crippen LogP contribution in [0.2, 0.25) is 0 Å². The van der Waals surface area contributed by atoms with Crippen LogP contribution in [0.4, 0.5) is 16.0 Å². The zero-order valence-corrected chi connectivity index (χ0v) is 12.3. The molecular weight excluding hydrogens is 281 g/mol. The minimum atomic E-state index is -0.474. The molecule has 0 saturated carbocycles. The summed E-state index contributed by atoms with van der Waals surface area (Å²) in [4.78, 5) is 10.5. The third-order valence-corrected chi connectivity index (χ3v) is 3.76. The van der Waals surface area contributed by atoms with Crippen LogP contribution in [0.15, 0.2) is 30.5 Å². The number of halogens is 1. The van der Waals surface area contributed by atoms with Crippen molar-refractivity contribution >= 4 is 11.6 Å². The molecule has 0 radical (unpaired) electrons. The van der Waals surface area contributed by atoms with Crippen LogP contribution >= 0.6 is 0 Å². The second-order valence-electron chi connectivity index (χ2n) is 5.34. The van der Waals surface area contributed by atoms with Crippen molar-refractivity contribution in [1.29, 1.82) is 5.26 Å². The van der Waals surface area contributed by atoms with Gasteiger partial charge in [0.15, 0.2) is 0 Å². The molecule has 22 heavy (non-hydrogen) atoms. The second kappa shape index (κ2) is 5.98. The maximum Gasteiger partial charge on any atom is 0.223 e. The minimum Gasteiger partial charge on any atom is -0.368 e. The van der Waals surface area contributed by atoms with Crippen molar-refractivity contribution in [2.45, 2.75) is 19.4 Å². The molecule has 1 aromatic carbocycles. The average molecular weight is 297 g/mol. The molecule has 1 saturated heterocycles. The first-order valence-corrected chi connectivity index (χ1v) is 7.17. The third-order valence-electron chi connectivity index (χ3n) is 3.76. The number of hydrogen-bond donors (Lipinski definition) is 1. The van der Waals surface area contributed by atoms with Gasteiger partial charge in [-0.25, -0.2) is 14.4 Å². The molecule has 1 unspecified atom stereocenters. The van der Waals surface area contributed by atoms with E-state index in [-0.39, 0.29) is 11.6 Å². The smallest absolute Gasteiger partial charge is 0.223 e. The summed E-state index contributed by atoms with van der Waals surface area (Å²) in [7, 11) is 0. The van der Waals surface area contributed by atoms with Crippen molar-refractivity contribution in [3.8, 4) is 6.07 Å². The normalized spacial score (nSPS) is 17.3. The Kier molecular flexibility index (Phi) is 3.88. The zero-order chi connectivity index (χ0) is 15.5. The Morgan fingerprint density at radius 2 is 2.27 bits per heavy atom. The van der Waals surface area contributed by atoms with E-state index in [4.69, 9.17) is 5.26 Å². The number of aryl methyl sites for hydroxylation is 1. The molecule has 0 amide bonds. The highest BCUT2D eigenvalue weighted by Crippen LogP contribution is 2.26. The Hall–Kier alpha value is -2.68. The lowest BCUT2D eigenvalue weighted by Crippen LogP contribution is -2.27. The van der Waals surface area contributed by atoms with Crippen molar-refractivity contribution < 1.29 is 4.39 Å². The van der Waals surface area contributed by atoms with Crippen molar-refractivity contribution in [1.82, 2.24) is 9.97 Å². The number of nitriles is 1. The van der Waals surface area contributed by atoms with Crippen LogP contribution in [0.5, 0.6) is 0 Å². The molecule has 1 fully saturated rings. The van der Waals surface area contributed by atoms with Crippen LogP contribution in [-0.4, -0.2) is 29.1 Å². The van der Waals surface area contributed by atoms with Gasteiger partial charge in [-0.05, 0) is 31.5 Å². The van der Waals surface area contributed by atoms with Gasteiger partial charge in [0.1, 0.15) is 17.4 Å². The molecular formula is C16H16FN5. The van der Waals surface area contributed by atoms with Crippen LogP contribution in [0.3, 0.4) is 0 Å². The quantitative estimate of drug-likeness (QED) is 0.943. The van der Waals surface area contributed by atoms with E-state index in [9.17, 15) is 4.39 Å². The van der Waals surface area contributed by atoms with E-state index >= 15 is 0 Å². The summed E-state index contributed by atoms with van der Waals surface area (Å²) in [5.74, 6) is 0.130. The van der Waals surface area contributed by atoms with Crippen LogP contribution < -0.4 is 10.2 Å². The number of rotatable bonds is 3. The predicted molar refractivity (Wildman–Crippen MR) is 82.1 cm³/mol. The molecule has 1 aliphatic heterocycles. The van der Waals surface area contributed by atoms with Crippen LogP contribution in [0.25, 0.3) is 0 Å². The average Bonchev–Trinajstić information content (AvgIpc) is 2.95. The molecule has 0 spiro atoms. The number of aromatic nitrogens is 2. The molecule has 1 N–H and O–H groups in total. The van der Waals surface area contributed by atoms with Crippen molar-refractivity contribution in [2.75, 3.05) is 23.3 Å². The van der Waals surface area contributed by atoms with Crippen LogP contribution in [0.1, 0.15) is 17.7 Å². The molecule has 1 aromatic heterocycles. The Balaban J connectivity index is 1.73. The van der Waals surface area contributed by atoms with Gasteiger partial charge in [0, 0.05) is 31.0 Å². The molecule has 1 aliphatic rings. The van der Waals surface area contributed by atoms with Crippen molar-refractivity contribution in [3.05, 3.63) is 47.5 Å². The van der Waals surface area contributed by atoms with Gasteiger partial charge < -0.3 is 10.2 Å². The fourth-order valence-corrected chi connectivity index (χ4v) is 2.68. The number of anilines is 2. The van der Waals surface area contributed by atoms with E-state index in [0.717, 1.165) is 18.7 Å². The minimum absolute atomic E-state index is 0.106. The largest absolute Gasteiger partial charge is 0.368 e. The summed E-state index contributed by atoms with van der Waals surface area (Å²) in [5, 5.41) is 12.4. The first-order chi connectivity index (χ1) is 10.7. The summed E-state index contributed by atoms with van der Waals surface area (Å²) in [5.41, 5.74) is 1.66. The standard InChI is InChI=1S/C16H16FN5/c1-11-5-7-19-16(20-11)21-12-6-8-22(10-12)15-4-2-3-14(17)13(15)9-18/h2-5,7,12H,6,8,10H2,1H3,(H,19,20,21). The number of nitrogens with one attached hydrogen (secondary N) is 1. The SMILES string of the molecule is Cc1ccnc(NC2CCN(c3cccc(F)c3C#N)C2)n1. The van der Waals surface area contributed by atoms with Gasteiger partial charge in [-0.1, -0.05) is 6.07 Å². The van der Waals surface area contributed by atoms with E-state index in [1.165, 1.54) is 6.07 Å². The van der Waals surface area contributed by atoms with Gasteiger partial charge in [0.05, 0.1) is 5.69 Å². The lowest BCUT2D eigenvalue weighted by Gasteiger charge is -2.20. The van der Waals surface area contributed by atoms with Crippen LogP contribution in [0, 0.1) is 24.1 Å². The summed E-state index contributed by atoms with van der Waals surface area (Å²) in [6.07, 6.45) is 2.61. The molecule has 0 bridgehead atoms. The van der Waals surface area contributed by atoms with Gasteiger partial charge in [-0.15, -0.1) is 0 Å². The lowest BCUT2D eigenvalue weighted by atomic mass is 10.1. The summed E-state index contributed by atoms with van der Waals surface area (Å²) >= 11 is 0. The fourth-order valence-electron chi connectivity index (χ4n) is 2.68. The Labute approximate surface area is 128 Å². The van der Waals surface area contributed by atoms with Crippen molar-refractivity contribution in [2.24, 2.45) is 0 Å². The number of nitrogens with zero attached hydrogens (tertiary/aromatic N) is 4. The lowest BCUT2D eigenvalue weighted by molar-refractivity contribution is 0.623. The second-order valence-corrected chi connectivity index (χ2v) is 5.34. The van der Waals surface area contributed by atoms with E-state index in [1.807, 2.05) is 24.0 Å². The highest BCUT2D eigenvalue weighted by molar-refractivity contribution is 5.60. The predicted octanol–water partition coefficient (Wildman–Crippen LogP) is 2.49. The first kappa shape index (κ1) is 14.3. The maximum atomic E-state index is 13.7. The van der Waals surface area contributed by atoms with Gasteiger partial charge in [0.2, 0.25) is 5.95 Å². The van der Waals surface area contributed by atoms with E-state index in [0.29, 0.717) is 18.2 Å². The topological polar surface area (TPSA) is 64.8 Å². The molecule has 6 heteroatoms. The van der Waals surface area contributed by atoms with Gasteiger partial charge >= 0.3 is 0 Å². The molecule has 112 valence electrons. The zero-order valence-electron chi connectivity index (χ0n) is 12.3. The summed E-state index contributed by atoms with van der Waals surface area (Å²) in [6.45, 7) is 3.37. The summed E-state index contributed by atoms with van der Waals surface area (Å²) in [6, 6.07) is 8.71. The molecule has 0 aliphatic carbocycles. The highest BCUT2D eigenvalue weighted by Gasteiger charge is 2.25. The summed E-state index contributed by atoms with van der Waals surface area (Å²) < 4.78 is 13.7. The van der Waals surface area contributed by atoms with Crippen LogP contribution in [-0.2, 0) is 0 Å². The fraction of sp³-hybridized carbons (Fsp3) is 0.312. The number of hydrogen-bond acceptors (Lipinski definition) is 5. The first-order valence-electron chi connectivity index (χ1n) is 7.17. The van der Waals surface area contributed by atoms with Gasteiger partial charge in [-0.2, -0.15) is 5.26 Å². The molecule has 1 atom stereocenters. The van der Waals surface area contributed by atoms with Gasteiger partial charge in [-0.3, -0.25) is 0 Å². The Morgan fingerprint density at radius 3 is 3.05 bits per heavy atom. The van der Waals surface area contributed by atoms with Crippen molar-refractivity contribution in [3.63, 3.8) is 0 Å². The highest BCUT2D eigenvalue weighted by atomic mass is 19.1. The molecule has 2 aromatic rings. The molecule has 5 nitrogen and oxygen atoms in total. The number of benzene rings is 1. The Morgan fingerprint density at radius 1 is 1.41 bits per heavy atom. The van der Waals surface area contributed by atoms with E-state index in [2.05, 4.69) is 15.3 Å². The third kappa shape index (κ3) is 2.84. The maximum absolute atomic E-state index is 13.7.